The molecule has 1 aliphatic heterocycles. The van der Waals surface area contributed by atoms with Gasteiger partial charge >= 0.3 is 6.09 Å². The van der Waals surface area contributed by atoms with Crippen LogP contribution in [0.15, 0.2) is 11.6 Å². The second kappa shape index (κ2) is 1.75. The van der Waals surface area contributed by atoms with Gasteiger partial charge in [0, 0.05) is 0 Å². The molecule has 1 saturated heterocycles. The molecule has 1 aliphatic carbocycles. The molecule has 2 rings (SSSR count). The summed E-state index contributed by atoms with van der Waals surface area (Å²) < 4.78 is 4.93. The Morgan fingerprint density at radius 1 is 1.80 bits per heavy atom. The van der Waals surface area contributed by atoms with E-state index in [4.69, 9.17) is 4.74 Å². The number of amides is 1. The highest BCUT2D eigenvalue weighted by Gasteiger charge is 2.36. The smallest absolute Gasteiger partial charge is 0.408 e. The van der Waals surface area contributed by atoms with Crippen LogP contribution in [0.2, 0.25) is 0 Å². The first-order valence-electron chi connectivity index (χ1n) is 3.40. The standard InChI is InChI=1S/C7H9NO2/c1-4-2-5-6(3-4)10-7(9)8-5/h3,5-6H,2H2,1H3,(H,8,9)/t5-,6+/m1/s1. The van der Waals surface area contributed by atoms with E-state index in [2.05, 4.69) is 5.32 Å². The highest BCUT2D eigenvalue weighted by Crippen LogP contribution is 2.24. The van der Waals surface area contributed by atoms with Crippen molar-refractivity contribution < 1.29 is 9.53 Å². The average molecular weight is 139 g/mol. The summed E-state index contributed by atoms with van der Waals surface area (Å²) >= 11 is 0. The van der Waals surface area contributed by atoms with E-state index < -0.39 is 0 Å². The molecule has 1 heterocycles. The molecule has 0 unspecified atom stereocenters. The minimum Gasteiger partial charge on any atom is -0.440 e. The number of fused-ring (bicyclic) bond motifs is 1. The fourth-order valence-electron chi connectivity index (χ4n) is 1.49. The van der Waals surface area contributed by atoms with E-state index in [-0.39, 0.29) is 18.2 Å². The third-order valence-electron chi connectivity index (χ3n) is 1.93. The largest absolute Gasteiger partial charge is 0.440 e. The number of carbonyl (C=O) groups is 1. The van der Waals surface area contributed by atoms with Gasteiger partial charge in [-0.05, 0) is 19.4 Å². The first kappa shape index (κ1) is 5.77. The highest BCUT2D eigenvalue weighted by atomic mass is 16.6. The molecule has 1 N–H and O–H groups in total. The zero-order chi connectivity index (χ0) is 7.14. The summed E-state index contributed by atoms with van der Waals surface area (Å²) in [7, 11) is 0. The number of carbonyl (C=O) groups excluding carboxylic acids is 1. The Hall–Kier alpha value is -0.990. The van der Waals surface area contributed by atoms with Gasteiger partial charge in [0.05, 0.1) is 6.04 Å². The van der Waals surface area contributed by atoms with Crippen LogP contribution < -0.4 is 5.32 Å². The van der Waals surface area contributed by atoms with Gasteiger partial charge in [0.15, 0.2) is 0 Å². The number of alkyl carbamates (subject to hydrolysis) is 1. The summed E-state index contributed by atoms with van der Waals surface area (Å²) in [6.45, 7) is 2.05. The van der Waals surface area contributed by atoms with Crippen LogP contribution in [-0.4, -0.2) is 18.2 Å². The Kier molecular flexibility index (Phi) is 1.01. The quantitative estimate of drug-likeness (QED) is 0.504. The third kappa shape index (κ3) is 0.701. The summed E-state index contributed by atoms with van der Waals surface area (Å²) in [4.78, 5) is 10.6. The molecule has 0 aromatic heterocycles. The minimum atomic E-state index is -0.279. The molecule has 1 amide bonds. The molecule has 0 aromatic carbocycles. The number of rotatable bonds is 0. The summed E-state index contributed by atoms with van der Waals surface area (Å²) in [6.07, 6.45) is 2.67. The van der Waals surface area contributed by atoms with E-state index in [0.29, 0.717) is 0 Å². The van der Waals surface area contributed by atoms with Crippen LogP contribution >= 0.6 is 0 Å². The van der Waals surface area contributed by atoms with Crippen molar-refractivity contribution in [3.63, 3.8) is 0 Å². The molecule has 0 saturated carbocycles. The first-order chi connectivity index (χ1) is 4.75. The van der Waals surface area contributed by atoms with E-state index in [9.17, 15) is 4.79 Å². The monoisotopic (exact) mass is 139 g/mol. The molecule has 0 radical (unpaired) electrons. The molecule has 2 atom stereocenters. The Bertz CT molecular complexity index is 210. The van der Waals surface area contributed by atoms with Gasteiger partial charge in [0.2, 0.25) is 0 Å². The second-order valence-corrected chi connectivity index (χ2v) is 2.84. The molecule has 0 bridgehead atoms. The summed E-state index contributed by atoms with van der Waals surface area (Å²) in [5.74, 6) is 0. The van der Waals surface area contributed by atoms with E-state index >= 15 is 0 Å². The normalized spacial score (nSPS) is 36.5. The zero-order valence-corrected chi connectivity index (χ0v) is 5.76. The first-order valence-corrected chi connectivity index (χ1v) is 3.40. The Morgan fingerprint density at radius 3 is 3.30 bits per heavy atom. The Labute approximate surface area is 59.1 Å². The summed E-state index contributed by atoms with van der Waals surface area (Å²) in [5.41, 5.74) is 1.30. The molecule has 0 spiro atoms. The van der Waals surface area contributed by atoms with E-state index in [1.165, 1.54) is 5.57 Å². The number of hydrogen-bond acceptors (Lipinski definition) is 2. The SMILES string of the molecule is CC1=C[C@@H]2OC(=O)N[C@@H]2C1. The number of nitrogens with one attached hydrogen (secondary N) is 1. The van der Waals surface area contributed by atoms with Gasteiger partial charge in [-0.1, -0.05) is 5.57 Å². The van der Waals surface area contributed by atoms with Gasteiger partial charge in [0.1, 0.15) is 6.10 Å². The molecule has 0 aromatic rings. The van der Waals surface area contributed by atoms with Crippen LogP contribution in [0.25, 0.3) is 0 Å². The minimum absolute atomic E-state index is 0.00694. The molecular formula is C7H9NO2. The van der Waals surface area contributed by atoms with Crippen molar-refractivity contribution in [2.75, 3.05) is 0 Å². The molecule has 1 fully saturated rings. The molecule has 3 nitrogen and oxygen atoms in total. The number of hydrogen-bond donors (Lipinski definition) is 1. The highest BCUT2D eigenvalue weighted by molar-refractivity contribution is 5.71. The van der Waals surface area contributed by atoms with Crippen LogP contribution in [0.5, 0.6) is 0 Å². The lowest BCUT2D eigenvalue weighted by Gasteiger charge is -2.02. The summed E-state index contributed by atoms with van der Waals surface area (Å²) in [6, 6.07) is 0.215. The molecule has 3 heteroatoms. The van der Waals surface area contributed by atoms with E-state index in [1.807, 2.05) is 13.0 Å². The fourth-order valence-corrected chi connectivity index (χ4v) is 1.49. The van der Waals surface area contributed by atoms with Crippen molar-refractivity contribution in [2.24, 2.45) is 0 Å². The van der Waals surface area contributed by atoms with Gasteiger partial charge in [-0.3, -0.25) is 0 Å². The second-order valence-electron chi connectivity index (χ2n) is 2.84. The maximum absolute atomic E-state index is 10.6. The maximum atomic E-state index is 10.6. The Balaban J connectivity index is 2.17. The van der Waals surface area contributed by atoms with Gasteiger partial charge in [-0.25, -0.2) is 4.79 Å². The molecule has 2 aliphatic rings. The average Bonchev–Trinajstić information content (AvgIpc) is 2.21. The van der Waals surface area contributed by atoms with Gasteiger partial charge in [-0.15, -0.1) is 0 Å². The fraction of sp³-hybridized carbons (Fsp3) is 0.571. The van der Waals surface area contributed by atoms with E-state index in [1.54, 1.807) is 0 Å². The lowest BCUT2D eigenvalue weighted by atomic mass is 10.2. The van der Waals surface area contributed by atoms with Gasteiger partial charge in [-0.2, -0.15) is 0 Å². The van der Waals surface area contributed by atoms with Crippen molar-refractivity contribution in [2.45, 2.75) is 25.5 Å². The van der Waals surface area contributed by atoms with Crippen molar-refractivity contribution in [1.82, 2.24) is 5.32 Å². The predicted molar refractivity (Wildman–Crippen MR) is 35.6 cm³/mol. The molecule has 54 valence electrons. The Morgan fingerprint density at radius 2 is 2.60 bits per heavy atom. The molecule has 10 heavy (non-hydrogen) atoms. The van der Waals surface area contributed by atoms with Crippen molar-refractivity contribution in [3.8, 4) is 0 Å². The van der Waals surface area contributed by atoms with Gasteiger partial charge in [0.25, 0.3) is 0 Å². The summed E-state index contributed by atoms with van der Waals surface area (Å²) in [5, 5.41) is 2.73. The van der Waals surface area contributed by atoms with E-state index in [0.717, 1.165) is 6.42 Å². The lowest BCUT2D eigenvalue weighted by Crippen LogP contribution is -2.27. The third-order valence-corrected chi connectivity index (χ3v) is 1.93. The zero-order valence-electron chi connectivity index (χ0n) is 5.76. The maximum Gasteiger partial charge on any atom is 0.408 e. The van der Waals surface area contributed by atoms with Crippen molar-refractivity contribution in [3.05, 3.63) is 11.6 Å². The van der Waals surface area contributed by atoms with Crippen LogP contribution in [0, 0.1) is 0 Å². The molecular weight excluding hydrogens is 130 g/mol. The van der Waals surface area contributed by atoms with Crippen LogP contribution in [0.1, 0.15) is 13.3 Å². The van der Waals surface area contributed by atoms with Crippen molar-refractivity contribution >= 4 is 6.09 Å². The van der Waals surface area contributed by atoms with Crippen molar-refractivity contribution in [1.29, 1.82) is 0 Å². The predicted octanol–water partition coefficient (Wildman–Crippen LogP) is 0.813. The van der Waals surface area contributed by atoms with Gasteiger partial charge < -0.3 is 10.1 Å². The van der Waals surface area contributed by atoms with Crippen LogP contribution in [0.3, 0.4) is 0 Å². The van der Waals surface area contributed by atoms with Crippen LogP contribution in [-0.2, 0) is 4.74 Å². The lowest BCUT2D eigenvalue weighted by molar-refractivity contribution is 0.155. The topological polar surface area (TPSA) is 38.3 Å². The number of ether oxygens (including phenoxy) is 1. The van der Waals surface area contributed by atoms with Crippen LogP contribution in [0.4, 0.5) is 4.79 Å².